The molecule has 3 aromatic rings. The number of H-pyrrole nitrogens is 1. The smallest absolute Gasteiger partial charge is 0.149 e. The minimum Gasteiger partial charge on any atom is -0.378 e. The van der Waals surface area contributed by atoms with Crippen molar-refractivity contribution < 1.29 is 4.39 Å². The fourth-order valence-corrected chi connectivity index (χ4v) is 2.42. The summed E-state index contributed by atoms with van der Waals surface area (Å²) in [6, 6.07) is 14.5. The molecule has 124 valence electrons. The number of fused-ring (bicyclic) bond motifs is 1. The maximum atomic E-state index is 13.3. The first kappa shape index (κ1) is 16.5. The number of nitrogens with zero attached hydrogens (tertiary/aromatic N) is 3. The van der Waals surface area contributed by atoms with Crippen LogP contribution in [-0.4, -0.2) is 24.1 Å². The number of halogens is 1. The van der Waals surface area contributed by atoms with E-state index in [-0.39, 0.29) is 5.82 Å². The summed E-state index contributed by atoms with van der Waals surface area (Å²) in [5.41, 5.74) is 3.74. The van der Waals surface area contributed by atoms with Gasteiger partial charge in [0.2, 0.25) is 0 Å². The largest absolute Gasteiger partial charge is 0.378 e. The van der Waals surface area contributed by atoms with E-state index in [1.807, 2.05) is 49.3 Å². The molecule has 0 spiro atoms. The number of aromatic amines is 1. The number of anilines is 1. The molecule has 5 heteroatoms. The van der Waals surface area contributed by atoms with Crippen molar-refractivity contribution in [3.63, 3.8) is 0 Å². The fraction of sp³-hybridized carbons (Fsp3) is 0.100. The van der Waals surface area contributed by atoms with Gasteiger partial charge < -0.3 is 9.88 Å². The van der Waals surface area contributed by atoms with Gasteiger partial charge in [-0.2, -0.15) is 5.26 Å². The fourth-order valence-electron chi connectivity index (χ4n) is 2.42. The van der Waals surface area contributed by atoms with Crippen LogP contribution >= 0.6 is 0 Å². The monoisotopic (exact) mass is 332 g/mol. The van der Waals surface area contributed by atoms with Crippen LogP contribution in [0.1, 0.15) is 11.4 Å². The molecular formula is C20H17FN4. The Kier molecular flexibility index (Phi) is 4.62. The minimum absolute atomic E-state index is 0.341. The molecule has 0 radical (unpaired) electrons. The van der Waals surface area contributed by atoms with Crippen LogP contribution in [-0.2, 0) is 0 Å². The van der Waals surface area contributed by atoms with E-state index < -0.39 is 0 Å². The predicted octanol–water partition coefficient (Wildman–Crippen LogP) is 4.39. The molecule has 1 heterocycles. The number of rotatable bonds is 4. The lowest BCUT2D eigenvalue weighted by Gasteiger charge is -2.11. The lowest BCUT2D eigenvalue weighted by atomic mass is 10.1. The first-order valence-corrected chi connectivity index (χ1v) is 7.78. The Morgan fingerprint density at radius 3 is 2.64 bits per heavy atom. The van der Waals surface area contributed by atoms with E-state index in [4.69, 9.17) is 0 Å². The van der Waals surface area contributed by atoms with Crippen LogP contribution < -0.4 is 4.90 Å². The van der Waals surface area contributed by atoms with Gasteiger partial charge in [-0.05, 0) is 42.0 Å². The van der Waals surface area contributed by atoms with Crippen LogP contribution in [0, 0.1) is 17.1 Å². The maximum absolute atomic E-state index is 13.3. The summed E-state index contributed by atoms with van der Waals surface area (Å²) in [5, 5.41) is 9.36. The molecule has 0 saturated heterocycles. The SMILES string of the molecule is CN(C)c1ccc(/C=C/C=C(/C#N)c2nc3ccc(F)cc3[nH]2)cc1. The molecular weight excluding hydrogens is 315 g/mol. The van der Waals surface area contributed by atoms with Gasteiger partial charge in [0.15, 0.2) is 0 Å². The van der Waals surface area contributed by atoms with E-state index in [1.54, 1.807) is 18.2 Å². The van der Waals surface area contributed by atoms with Gasteiger partial charge in [-0.25, -0.2) is 9.37 Å². The lowest BCUT2D eigenvalue weighted by molar-refractivity contribution is 0.629. The highest BCUT2D eigenvalue weighted by Gasteiger charge is 2.07. The summed E-state index contributed by atoms with van der Waals surface area (Å²) in [4.78, 5) is 9.34. The number of hydrogen-bond acceptors (Lipinski definition) is 3. The quantitative estimate of drug-likeness (QED) is 0.569. The maximum Gasteiger partial charge on any atom is 0.149 e. The molecule has 0 aliphatic rings. The molecule has 0 aliphatic heterocycles. The van der Waals surface area contributed by atoms with Gasteiger partial charge in [-0.15, -0.1) is 0 Å². The summed E-state index contributed by atoms with van der Waals surface area (Å²) in [6.07, 6.45) is 5.41. The Morgan fingerprint density at radius 1 is 1.20 bits per heavy atom. The van der Waals surface area contributed by atoms with E-state index in [1.165, 1.54) is 12.1 Å². The predicted molar refractivity (Wildman–Crippen MR) is 99.4 cm³/mol. The van der Waals surface area contributed by atoms with Gasteiger partial charge in [-0.1, -0.05) is 24.3 Å². The van der Waals surface area contributed by atoms with E-state index >= 15 is 0 Å². The second-order valence-electron chi connectivity index (χ2n) is 5.78. The van der Waals surface area contributed by atoms with Crippen LogP contribution in [0.5, 0.6) is 0 Å². The van der Waals surface area contributed by atoms with E-state index in [0.717, 1.165) is 11.3 Å². The summed E-state index contributed by atoms with van der Waals surface area (Å²) in [7, 11) is 3.98. The van der Waals surface area contributed by atoms with Crippen molar-refractivity contribution in [2.75, 3.05) is 19.0 Å². The zero-order chi connectivity index (χ0) is 17.8. The van der Waals surface area contributed by atoms with Crippen LogP contribution in [0.15, 0.2) is 54.6 Å². The summed E-state index contributed by atoms with van der Waals surface area (Å²) < 4.78 is 13.3. The Balaban J connectivity index is 1.83. The number of aromatic nitrogens is 2. The number of nitrogens with one attached hydrogen (secondary N) is 1. The second kappa shape index (κ2) is 7.02. The number of hydrogen-bond donors (Lipinski definition) is 1. The molecule has 1 N–H and O–H groups in total. The minimum atomic E-state index is -0.341. The van der Waals surface area contributed by atoms with E-state index in [9.17, 15) is 9.65 Å². The third-order valence-corrected chi connectivity index (χ3v) is 3.78. The molecule has 1 aromatic heterocycles. The number of imidazole rings is 1. The Labute approximate surface area is 145 Å². The highest BCUT2D eigenvalue weighted by molar-refractivity contribution is 5.83. The van der Waals surface area contributed by atoms with Crippen molar-refractivity contribution in [1.82, 2.24) is 9.97 Å². The molecule has 4 nitrogen and oxygen atoms in total. The molecule has 0 fully saturated rings. The second-order valence-corrected chi connectivity index (χ2v) is 5.78. The van der Waals surface area contributed by atoms with E-state index in [2.05, 4.69) is 16.0 Å². The Bertz CT molecular complexity index is 989. The van der Waals surface area contributed by atoms with Crippen molar-refractivity contribution in [3.8, 4) is 6.07 Å². The molecule has 0 saturated carbocycles. The molecule has 2 aromatic carbocycles. The third kappa shape index (κ3) is 3.75. The van der Waals surface area contributed by atoms with Crippen LogP contribution in [0.4, 0.5) is 10.1 Å². The van der Waals surface area contributed by atoms with Crippen molar-refractivity contribution in [1.29, 1.82) is 5.26 Å². The van der Waals surface area contributed by atoms with Crippen molar-refractivity contribution in [2.45, 2.75) is 0 Å². The lowest BCUT2D eigenvalue weighted by Crippen LogP contribution is -2.07. The average molecular weight is 332 g/mol. The topological polar surface area (TPSA) is 55.7 Å². The highest BCUT2D eigenvalue weighted by atomic mass is 19.1. The standard InChI is InChI=1S/C20H17FN4/c1-25(2)17-9-6-14(7-10-17)4-3-5-15(13-22)20-23-18-11-8-16(21)12-19(18)24-20/h3-12H,1-2H3,(H,23,24)/b4-3+,15-5-. The molecule has 0 bridgehead atoms. The summed E-state index contributed by atoms with van der Waals surface area (Å²) in [5.74, 6) is 0.0851. The number of benzene rings is 2. The number of nitriles is 1. The first-order valence-electron chi connectivity index (χ1n) is 7.78. The van der Waals surface area contributed by atoms with Gasteiger partial charge >= 0.3 is 0 Å². The third-order valence-electron chi connectivity index (χ3n) is 3.78. The first-order chi connectivity index (χ1) is 12.1. The van der Waals surface area contributed by atoms with Crippen LogP contribution in [0.25, 0.3) is 22.7 Å². The van der Waals surface area contributed by atoms with Gasteiger partial charge in [0.05, 0.1) is 16.6 Å². The van der Waals surface area contributed by atoms with Gasteiger partial charge in [-0.3, -0.25) is 0 Å². The van der Waals surface area contributed by atoms with Crippen molar-refractivity contribution in [2.24, 2.45) is 0 Å². The molecule has 0 unspecified atom stereocenters. The van der Waals surface area contributed by atoms with E-state index in [0.29, 0.717) is 22.4 Å². The summed E-state index contributed by atoms with van der Waals surface area (Å²) >= 11 is 0. The molecule has 0 amide bonds. The van der Waals surface area contributed by atoms with Gasteiger partial charge in [0.1, 0.15) is 17.7 Å². The van der Waals surface area contributed by atoms with Crippen molar-refractivity contribution in [3.05, 3.63) is 71.8 Å². The van der Waals surface area contributed by atoms with Crippen LogP contribution in [0.2, 0.25) is 0 Å². The van der Waals surface area contributed by atoms with Crippen LogP contribution in [0.3, 0.4) is 0 Å². The average Bonchev–Trinajstić information content (AvgIpc) is 3.02. The molecule has 3 rings (SSSR count). The van der Waals surface area contributed by atoms with Gasteiger partial charge in [0, 0.05) is 19.8 Å². The molecule has 25 heavy (non-hydrogen) atoms. The van der Waals surface area contributed by atoms with Gasteiger partial charge in [0.25, 0.3) is 0 Å². The molecule has 0 atom stereocenters. The zero-order valence-corrected chi connectivity index (χ0v) is 14.0. The number of allylic oxidation sites excluding steroid dienone is 3. The normalized spacial score (nSPS) is 11.8. The molecule has 0 aliphatic carbocycles. The highest BCUT2D eigenvalue weighted by Crippen LogP contribution is 2.18. The van der Waals surface area contributed by atoms with Crippen molar-refractivity contribution >= 4 is 28.4 Å². The Morgan fingerprint density at radius 2 is 1.96 bits per heavy atom. The summed E-state index contributed by atoms with van der Waals surface area (Å²) in [6.45, 7) is 0. The zero-order valence-electron chi connectivity index (χ0n) is 14.0. The Hall–Kier alpha value is -3.39.